The van der Waals surface area contributed by atoms with Gasteiger partial charge < -0.3 is 9.64 Å². The molecule has 2 saturated heterocycles. The van der Waals surface area contributed by atoms with Crippen LogP contribution in [0.1, 0.15) is 96.8 Å². The molecule has 0 bridgehead atoms. The molecule has 0 aromatic carbocycles. The third kappa shape index (κ3) is 7.24. The second-order valence-electron chi connectivity index (χ2n) is 7.45. The van der Waals surface area contributed by atoms with Gasteiger partial charge in [0, 0.05) is 13.1 Å². The normalized spacial score (nSPS) is 24.0. The zero-order chi connectivity index (χ0) is 16.3. The Kier molecular flexibility index (Phi) is 9.03. The Morgan fingerprint density at radius 3 is 2.04 bits per heavy atom. The highest BCUT2D eigenvalue weighted by Crippen LogP contribution is 2.30. The van der Waals surface area contributed by atoms with Crippen LogP contribution < -0.4 is 0 Å². The molecule has 2 aliphatic rings. The van der Waals surface area contributed by atoms with Gasteiger partial charge >= 0.3 is 0 Å². The van der Waals surface area contributed by atoms with Gasteiger partial charge in [0.1, 0.15) is 0 Å². The summed E-state index contributed by atoms with van der Waals surface area (Å²) in [4.78, 5) is 14.3. The van der Waals surface area contributed by atoms with E-state index in [1.807, 2.05) is 4.90 Å². The van der Waals surface area contributed by atoms with Gasteiger partial charge in [-0.1, -0.05) is 71.1 Å². The first kappa shape index (κ1) is 18.8. The lowest BCUT2D eigenvalue weighted by Crippen LogP contribution is -2.38. The van der Waals surface area contributed by atoms with Crippen LogP contribution in [0.15, 0.2) is 0 Å². The van der Waals surface area contributed by atoms with Crippen molar-refractivity contribution < 1.29 is 9.53 Å². The van der Waals surface area contributed by atoms with Gasteiger partial charge in [0.25, 0.3) is 5.91 Å². The SMILES string of the molecule is CCCCCCCCCCCC[C@@H]1O[C@H]1C(=O)N1CCCCC1. The van der Waals surface area contributed by atoms with E-state index in [0.29, 0.717) is 0 Å². The van der Waals surface area contributed by atoms with Crippen molar-refractivity contribution in [3.63, 3.8) is 0 Å². The maximum atomic E-state index is 12.3. The maximum Gasteiger partial charge on any atom is 0.254 e. The fourth-order valence-electron chi connectivity index (χ4n) is 3.71. The molecule has 2 atom stereocenters. The van der Waals surface area contributed by atoms with E-state index in [9.17, 15) is 4.79 Å². The number of likely N-dealkylation sites (tertiary alicyclic amines) is 1. The lowest BCUT2D eigenvalue weighted by molar-refractivity contribution is -0.133. The minimum atomic E-state index is -0.0911. The third-order valence-corrected chi connectivity index (χ3v) is 5.34. The standard InChI is InChI=1S/C20H37NO2/c1-2-3-4-5-6-7-8-9-10-12-15-18-19(23-18)20(22)21-16-13-11-14-17-21/h18-19H,2-17H2,1H3/t18-,19+/m0/s1. The Bertz CT molecular complexity index is 326. The van der Waals surface area contributed by atoms with E-state index < -0.39 is 0 Å². The molecule has 0 N–H and O–H groups in total. The lowest BCUT2D eigenvalue weighted by atomic mass is 10.0. The minimum absolute atomic E-state index is 0.0911. The molecular formula is C20H37NO2. The van der Waals surface area contributed by atoms with Crippen molar-refractivity contribution in [1.29, 1.82) is 0 Å². The van der Waals surface area contributed by atoms with Gasteiger partial charge in [-0.3, -0.25) is 4.79 Å². The molecule has 0 saturated carbocycles. The van der Waals surface area contributed by atoms with Crippen LogP contribution in [0.4, 0.5) is 0 Å². The number of unbranched alkanes of at least 4 members (excludes halogenated alkanes) is 9. The van der Waals surface area contributed by atoms with E-state index in [0.717, 1.165) is 19.5 Å². The molecule has 2 aliphatic heterocycles. The van der Waals surface area contributed by atoms with Crippen LogP contribution in [0.5, 0.6) is 0 Å². The molecule has 0 spiro atoms. The van der Waals surface area contributed by atoms with Crippen LogP contribution in [0.3, 0.4) is 0 Å². The molecule has 3 heteroatoms. The van der Waals surface area contributed by atoms with Gasteiger partial charge in [-0.25, -0.2) is 0 Å². The van der Waals surface area contributed by atoms with Crippen molar-refractivity contribution >= 4 is 5.91 Å². The van der Waals surface area contributed by atoms with Gasteiger partial charge in [-0.15, -0.1) is 0 Å². The van der Waals surface area contributed by atoms with E-state index >= 15 is 0 Å². The molecule has 2 fully saturated rings. The largest absolute Gasteiger partial charge is 0.359 e. The van der Waals surface area contributed by atoms with Crippen LogP contribution >= 0.6 is 0 Å². The Labute approximate surface area is 143 Å². The van der Waals surface area contributed by atoms with Gasteiger partial charge in [0.05, 0.1) is 6.10 Å². The Balaban J connectivity index is 1.39. The average molecular weight is 324 g/mol. The van der Waals surface area contributed by atoms with E-state index in [1.54, 1.807) is 0 Å². The Morgan fingerprint density at radius 1 is 0.870 bits per heavy atom. The Hall–Kier alpha value is -0.570. The first-order valence-corrected chi connectivity index (χ1v) is 10.3. The van der Waals surface area contributed by atoms with Crippen LogP contribution in [-0.4, -0.2) is 36.1 Å². The molecule has 0 aromatic rings. The van der Waals surface area contributed by atoms with Crippen molar-refractivity contribution in [3.8, 4) is 0 Å². The molecule has 0 aromatic heterocycles. The van der Waals surface area contributed by atoms with Gasteiger partial charge in [0.2, 0.25) is 0 Å². The summed E-state index contributed by atoms with van der Waals surface area (Å²) >= 11 is 0. The fourth-order valence-corrected chi connectivity index (χ4v) is 3.71. The third-order valence-electron chi connectivity index (χ3n) is 5.34. The first-order chi connectivity index (χ1) is 11.3. The van der Waals surface area contributed by atoms with Crippen molar-refractivity contribution in [2.45, 2.75) is 109 Å². The topological polar surface area (TPSA) is 32.8 Å². The predicted octanol–water partition coefficient (Wildman–Crippen LogP) is 5.08. The quantitative estimate of drug-likeness (QED) is 0.371. The van der Waals surface area contributed by atoms with Crippen LogP contribution in [0.2, 0.25) is 0 Å². The Morgan fingerprint density at radius 2 is 1.43 bits per heavy atom. The highest BCUT2D eigenvalue weighted by atomic mass is 16.6. The van der Waals surface area contributed by atoms with E-state index in [4.69, 9.17) is 4.74 Å². The fraction of sp³-hybridized carbons (Fsp3) is 0.950. The van der Waals surface area contributed by atoms with E-state index in [1.165, 1.54) is 83.5 Å². The average Bonchev–Trinajstić information content (AvgIpc) is 3.36. The van der Waals surface area contributed by atoms with Crippen LogP contribution in [0.25, 0.3) is 0 Å². The van der Waals surface area contributed by atoms with Crippen LogP contribution in [0, 0.1) is 0 Å². The molecule has 23 heavy (non-hydrogen) atoms. The monoisotopic (exact) mass is 323 g/mol. The van der Waals surface area contributed by atoms with Gasteiger partial charge in [-0.05, 0) is 25.7 Å². The lowest BCUT2D eigenvalue weighted by Gasteiger charge is -2.26. The number of hydrogen-bond acceptors (Lipinski definition) is 2. The number of hydrogen-bond donors (Lipinski definition) is 0. The molecular weight excluding hydrogens is 286 g/mol. The zero-order valence-electron chi connectivity index (χ0n) is 15.2. The van der Waals surface area contributed by atoms with Crippen molar-refractivity contribution in [2.75, 3.05) is 13.1 Å². The van der Waals surface area contributed by atoms with Gasteiger partial charge in [0.15, 0.2) is 6.10 Å². The highest BCUT2D eigenvalue weighted by Gasteiger charge is 2.46. The van der Waals surface area contributed by atoms with Crippen LogP contribution in [-0.2, 0) is 9.53 Å². The molecule has 0 unspecified atom stereocenters. The number of carbonyl (C=O) groups excluding carboxylic acids is 1. The number of ether oxygens (including phenoxy) is 1. The summed E-state index contributed by atoms with van der Waals surface area (Å²) in [6.45, 7) is 4.17. The molecule has 134 valence electrons. The predicted molar refractivity (Wildman–Crippen MR) is 95.6 cm³/mol. The van der Waals surface area contributed by atoms with E-state index in [2.05, 4.69) is 6.92 Å². The molecule has 0 aliphatic carbocycles. The summed E-state index contributed by atoms with van der Waals surface area (Å²) in [7, 11) is 0. The smallest absolute Gasteiger partial charge is 0.254 e. The molecule has 3 nitrogen and oxygen atoms in total. The second kappa shape index (κ2) is 11.1. The molecule has 1 amide bonds. The number of carbonyl (C=O) groups is 1. The second-order valence-corrected chi connectivity index (χ2v) is 7.45. The number of rotatable bonds is 12. The minimum Gasteiger partial charge on any atom is -0.359 e. The van der Waals surface area contributed by atoms with Crippen molar-refractivity contribution in [2.24, 2.45) is 0 Å². The molecule has 2 heterocycles. The summed E-state index contributed by atoms with van der Waals surface area (Å²) in [5.74, 6) is 0.266. The van der Waals surface area contributed by atoms with Crippen molar-refractivity contribution in [3.05, 3.63) is 0 Å². The summed E-state index contributed by atoms with van der Waals surface area (Å²) in [5.41, 5.74) is 0. The summed E-state index contributed by atoms with van der Waals surface area (Å²) in [6.07, 6.45) is 18.5. The number of amides is 1. The van der Waals surface area contributed by atoms with Gasteiger partial charge in [-0.2, -0.15) is 0 Å². The number of nitrogens with zero attached hydrogens (tertiary/aromatic N) is 1. The number of epoxide rings is 1. The molecule has 2 rings (SSSR count). The number of piperidine rings is 1. The van der Waals surface area contributed by atoms with Crippen molar-refractivity contribution in [1.82, 2.24) is 4.90 Å². The van der Waals surface area contributed by atoms with E-state index in [-0.39, 0.29) is 18.1 Å². The first-order valence-electron chi connectivity index (χ1n) is 10.3. The zero-order valence-corrected chi connectivity index (χ0v) is 15.2. The molecule has 0 radical (unpaired) electrons. The maximum absolute atomic E-state index is 12.3. The summed E-state index contributed by atoms with van der Waals surface area (Å²) in [5, 5.41) is 0. The highest BCUT2D eigenvalue weighted by molar-refractivity contribution is 5.83. The summed E-state index contributed by atoms with van der Waals surface area (Å²) in [6, 6.07) is 0. The summed E-state index contributed by atoms with van der Waals surface area (Å²) < 4.78 is 5.62.